The maximum absolute atomic E-state index is 12.8. The Morgan fingerprint density at radius 3 is 2.88 bits per heavy atom. The van der Waals surface area contributed by atoms with Crippen LogP contribution in [0.5, 0.6) is 0 Å². The van der Waals surface area contributed by atoms with Crippen LogP contribution in [0.25, 0.3) is 0 Å². The number of nitrogens with one attached hydrogen (secondary N) is 1. The Bertz CT molecular complexity index is 336. The largest absolute Gasteiger partial charge is 0.395 e. The van der Waals surface area contributed by atoms with Gasteiger partial charge in [-0.05, 0) is 17.7 Å². The number of benzene rings is 1. The zero-order valence-corrected chi connectivity index (χ0v) is 9.80. The van der Waals surface area contributed by atoms with Crippen molar-refractivity contribution in [2.45, 2.75) is 12.6 Å². The van der Waals surface area contributed by atoms with E-state index in [-0.39, 0.29) is 18.5 Å². The molecule has 0 heterocycles. The molecule has 1 aromatic carbocycles. The van der Waals surface area contributed by atoms with Crippen LogP contribution in [0, 0.1) is 5.82 Å². The van der Waals surface area contributed by atoms with E-state index in [9.17, 15) is 4.39 Å². The Morgan fingerprint density at radius 2 is 2.31 bits per heavy atom. The van der Waals surface area contributed by atoms with Crippen LogP contribution in [0.1, 0.15) is 5.56 Å². The van der Waals surface area contributed by atoms with E-state index in [4.69, 9.17) is 21.4 Å². The van der Waals surface area contributed by atoms with Gasteiger partial charge in [0.15, 0.2) is 0 Å². The summed E-state index contributed by atoms with van der Waals surface area (Å²) < 4.78 is 17.7. The van der Waals surface area contributed by atoms with Crippen LogP contribution in [0.3, 0.4) is 0 Å². The van der Waals surface area contributed by atoms with Crippen molar-refractivity contribution in [2.24, 2.45) is 0 Å². The van der Waals surface area contributed by atoms with Gasteiger partial charge in [0, 0.05) is 18.7 Å². The summed E-state index contributed by atoms with van der Waals surface area (Å²) in [6.45, 7) is 0.857. The maximum Gasteiger partial charge on any atom is 0.124 e. The number of hydrogen-bond acceptors (Lipinski definition) is 3. The van der Waals surface area contributed by atoms with Gasteiger partial charge in [-0.25, -0.2) is 4.39 Å². The molecule has 16 heavy (non-hydrogen) atoms. The molecule has 0 saturated heterocycles. The zero-order chi connectivity index (χ0) is 12.0. The van der Waals surface area contributed by atoms with Crippen LogP contribution in [0.15, 0.2) is 18.2 Å². The molecule has 0 saturated carbocycles. The van der Waals surface area contributed by atoms with Crippen molar-refractivity contribution in [3.63, 3.8) is 0 Å². The average molecular weight is 248 g/mol. The number of aliphatic hydroxyl groups is 1. The molecule has 1 aromatic rings. The summed E-state index contributed by atoms with van der Waals surface area (Å²) in [7, 11) is 1.56. The van der Waals surface area contributed by atoms with E-state index in [0.717, 1.165) is 5.56 Å². The van der Waals surface area contributed by atoms with Crippen molar-refractivity contribution in [1.29, 1.82) is 0 Å². The molecule has 0 aromatic heterocycles. The molecule has 1 unspecified atom stereocenters. The van der Waals surface area contributed by atoms with Crippen molar-refractivity contribution in [3.8, 4) is 0 Å². The highest BCUT2D eigenvalue weighted by Crippen LogP contribution is 2.16. The van der Waals surface area contributed by atoms with Crippen LogP contribution < -0.4 is 5.32 Å². The number of aliphatic hydroxyl groups excluding tert-OH is 1. The van der Waals surface area contributed by atoms with Gasteiger partial charge in [-0.3, -0.25) is 0 Å². The first kappa shape index (κ1) is 13.4. The molecule has 0 spiro atoms. The van der Waals surface area contributed by atoms with Crippen LogP contribution in [-0.2, 0) is 11.3 Å². The van der Waals surface area contributed by atoms with Gasteiger partial charge in [-0.2, -0.15) is 0 Å². The number of halogens is 2. The number of rotatable bonds is 6. The fourth-order valence-electron chi connectivity index (χ4n) is 1.30. The first-order valence-corrected chi connectivity index (χ1v) is 5.32. The molecule has 5 heteroatoms. The molecule has 0 aliphatic heterocycles. The van der Waals surface area contributed by atoms with Gasteiger partial charge in [-0.1, -0.05) is 17.7 Å². The third kappa shape index (κ3) is 4.06. The van der Waals surface area contributed by atoms with Crippen molar-refractivity contribution in [3.05, 3.63) is 34.6 Å². The minimum Gasteiger partial charge on any atom is -0.395 e. The molecule has 0 aliphatic carbocycles. The molecule has 1 rings (SSSR count). The minimum atomic E-state index is -0.357. The second kappa shape index (κ2) is 6.81. The van der Waals surface area contributed by atoms with Gasteiger partial charge < -0.3 is 15.2 Å². The maximum atomic E-state index is 12.8. The van der Waals surface area contributed by atoms with Crippen LogP contribution >= 0.6 is 11.6 Å². The molecular formula is C11H15ClFNO2. The Morgan fingerprint density at radius 1 is 1.56 bits per heavy atom. The van der Waals surface area contributed by atoms with Crippen LogP contribution in [0.4, 0.5) is 4.39 Å². The highest BCUT2D eigenvalue weighted by molar-refractivity contribution is 6.31. The lowest BCUT2D eigenvalue weighted by Crippen LogP contribution is -2.35. The molecular weight excluding hydrogens is 233 g/mol. The number of hydrogen-bond donors (Lipinski definition) is 2. The Kier molecular flexibility index (Phi) is 5.69. The topological polar surface area (TPSA) is 41.5 Å². The number of ether oxygens (including phenoxy) is 1. The molecule has 0 bridgehead atoms. The third-order valence-electron chi connectivity index (χ3n) is 2.18. The van der Waals surface area contributed by atoms with E-state index >= 15 is 0 Å². The second-order valence-corrected chi connectivity index (χ2v) is 3.86. The Balaban J connectivity index is 2.53. The molecule has 0 radical (unpaired) electrons. The molecule has 1 atom stereocenters. The molecule has 3 nitrogen and oxygen atoms in total. The standard InChI is InChI=1S/C11H15ClFNO2/c1-16-7-10(6-15)14-5-8-2-3-9(13)4-11(8)12/h2-4,10,14-15H,5-7H2,1H3. The van der Waals surface area contributed by atoms with E-state index < -0.39 is 0 Å². The summed E-state index contributed by atoms with van der Waals surface area (Å²) in [4.78, 5) is 0. The van der Waals surface area contributed by atoms with Gasteiger partial charge >= 0.3 is 0 Å². The lowest BCUT2D eigenvalue weighted by Gasteiger charge is -2.15. The quantitative estimate of drug-likeness (QED) is 0.802. The molecule has 90 valence electrons. The monoisotopic (exact) mass is 247 g/mol. The smallest absolute Gasteiger partial charge is 0.124 e. The van der Waals surface area contributed by atoms with Gasteiger partial charge in [-0.15, -0.1) is 0 Å². The van der Waals surface area contributed by atoms with Crippen molar-refractivity contribution >= 4 is 11.6 Å². The van der Waals surface area contributed by atoms with Crippen LogP contribution in [0.2, 0.25) is 5.02 Å². The Labute approximate surface area is 99.2 Å². The summed E-state index contributed by atoms with van der Waals surface area (Å²) in [5.41, 5.74) is 0.789. The minimum absolute atomic E-state index is 0.0212. The third-order valence-corrected chi connectivity index (χ3v) is 2.54. The summed E-state index contributed by atoms with van der Waals surface area (Å²) in [5, 5.41) is 12.5. The lowest BCUT2D eigenvalue weighted by molar-refractivity contribution is 0.128. The summed E-state index contributed by atoms with van der Waals surface area (Å²) in [5.74, 6) is -0.357. The fraction of sp³-hybridized carbons (Fsp3) is 0.455. The van der Waals surface area contributed by atoms with Crippen molar-refractivity contribution in [2.75, 3.05) is 20.3 Å². The second-order valence-electron chi connectivity index (χ2n) is 3.45. The summed E-state index contributed by atoms with van der Waals surface area (Å²) in [6.07, 6.45) is 0. The van der Waals surface area contributed by atoms with Crippen molar-refractivity contribution in [1.82, 2.24) is 5.32 Å². The van der Waals surface area contributed by atoms with E-state index in [2.05, 4.69) is 5.32 Å². The lowest BCUT2D eigenvalue weighted by atomic mass is 10.2. The van der Waals surface area contributed by atoms with Gasteiger partial charge in [0.2, 0.25) is 0 Å². The summed E-state index contributed by atoms with van der Waals surface area (Å²) >= 11 is 5.86. The first-order valence-electron chi connectivity index (χ1n) is 4.94. The fourth-order valence-corrected chi connectivity index (χ4v) is 1.53. The van der Waals surface area contributed by atoms with Crippen LogP contribution in [-0.4, -0.2) is 31.5 Å². The van der Waals surface area contributed by atoms with Gasteiger partial charge in [0.25, 0.3) is 0 Å². The predicted molar refractivity (Wildman–Crippen MR) is 61.0 cm³/mol. The van der Waals surface area contributed by atoms with E-state index in [1.54, 1.807) is 13.2 Å². The van der Waals surface area contributed by atoms with Gasteiger partial charge in [0.05, 0.1) is 19.3 Å². The Hall–Kier alpha value is -0.680. The first-order chi connectivity index (χ1) is 7.67. The van der Waals surface area contributed by atoms with Crippen molar-refractivity contribution < 1.29 is 14.2 Å². The normalized spacial score (nSPS) is 12.8. The number of methoxy groups -OCH3 is 1. The molecule has 0 fully saturated rings. The molecule has 0 aliphatic rings. The summed E-state index contributed by atoms with van der Waals surface area (Å²) in [6, 6.07) is 4.09. The predicted octanol–water partition coefficient (Wildman–Crippen LogP) is 1.58. The van der Waals surface area contributed by atoms with E-state index in [1.807, 2.05) is 0 Å². The molecule has 0 amide bonds. The van der Waals surface area contributed by atoms with Gasteiger partial charge in [0.1, 0.15) is 5.82 Å². The SMILES string of the molecule is COCC(CO)NCc1ccc(F)cc1Cl. The van der Waals surface area contributed by atoms with E-state index in [0.29, 0.717) is 18.2 Å². The highest BCUT2D eigenvalue weighted by Gasteiger charge is 2.07. The zero-order valence-electron chi connectivity index (χ0n) is 9.04. The highest BCUT2D eigenvalue weighted by atomic mass is 35.5. The van der Waals surface area contributed by atoms with E-state index in [1.165, 1.54) is 12.1 Å². The average Bonchev–Trinajstić information content (AvgIpc) is 2.26. The molecule has 2 N–H and O–H groups in total.